The highest BCUT2D eigenvalue weighted by molar-refractivity contribution is 6.09. The van der Waals surface area contributed by atoms with Crippen LogP contribution in [0.1, 0.15) is 12.0 Å². The number of ether oxygens (including phenoxy) is 4. The number of allylic oxidation sites excluding steroid dienone is 2. The molecule has 6 heteroatoms. The molecule has 1 heterocycles. The second-order valence-electron chi connectivity index (χ2n) is 5.33. The van der Waals surface area contributed by atoms with Crippen molar-refractivity contribution in [2.75, 3.05) is 21.0 Å². The molecule has 0 spiro atoms. The molecule has 6 nitrogen and oxygen atoms in total. The fourth-order valence-electron chi connectivity index (χ4n) is 2.60. The zero-order valence-electron chi connectivity index (χ0n) is 13.4. The van der Waals surface area contributed by atoms with Gasteiger partial charge < -0.3 is 24.1 Å². The molecule has 126 valence electrons. The molecule has 1 aliphatic heterocycles. The molecule has 0 saturated heterocycles. The van der Waals surface area contributed by atoms with Crippen LogP contribution in [-0.2, 0) is 14.3 Å². The third-order valence-electron chi connectivity index (χ3n) is 3.85. The summed E-state index contributed by atoms with van der Waals surface area (Å²) in [5.74, 6) is 1.07. The molecule has 0 radical (unpaired) electrons. The number of phenols is 1. The maximum atomic E-state index is 12.4. The maximum Gasteiger partial charge on any atom is 0.231 e. The normalized spacial score (nSPS) is 19.2. The summed E-state index contributed by atoms with van der Waals surface area (Å²) in [5.41, 5.74) is 1.13. The van der Waals surface area contributed by atoms with E-state index in [1.54, 1.807) is 31.4 Å². The number of rotatable bonds is 5. The average molecular weight is 330 g/mol. The van der Waals surface area contributed by atoms with Gasteiger partial charge in [-0.25, -0.2) is 0 Å². The third kappa shape index (κ3) is 3.14. The standard InChI is InChI=1S/C18H18O6/c1-21-12-4-5-13(16(9-12)22-2)14(19)6-3-11-7-15(20)18-17(8-11)23-10-24-18/h3,5-9,12,20H,4,10H2,1-2H3/b6-3+. The summed E-state index contributed by atoms with van der Waals surface area (Å²) in [4.78, 5) is 12.4. The molecule has 0 bridgehead atoms. The van der Waals surface area contributed by atoms with Gasteiger partial charge in [-0.15, -0.1) is 0 Å². The van der Waals surface area contributed by atoms with Gasteiger partial charge in [-0.2, -0.15) is 0 Å². The molecule has 1 N–H and O–H groups in total. The van der Waals surface area contributed by atoms with Crippen LogP contribution in [0.5, 0.6) is 17.2 Å². The average Bonchev–Trinajstić information content (AvgIpc) is 3.08. The van der Waals surface area contributed by atoms with E-state index in [0.29, 0.717) is 34.8 Å². The monoisotopic (exact) mass is 330 g/mol. The van der Waals surface area contributed by atoms with E-state index in [9.17, 15) is 9.90 Å². The minimum absolute atomic E-state index is 0.0191. The Kier molecular flexibility index (Phi) is 4.57. The van der Waals surface area contributed by atoms with E-state index in [-0.39, 0.29) is 24.4 Å². The molecule has 0 amide bonds. The van der Waals surface area contributed by atoms with Crippen molar-refractivity contribution in [3.8, 4) is 17.2 Å². The Morgan fingerprint density at radius 3 is 2.92 bits per heavy atom. The van der Waals surface area contributed by atoms with Crippen LogP contribution in [0.4, 0.5) is 0 Å². The van der Waals surface area contributed by atoms with Gasteiger partial charge in [0.15, 0.2) is 17.3 Å². The lowest BCUT2D eigenvalue weighted by Gasteiger charge is -2.18. The van der Waals surface area contributed by atoms with Crippen LogP contribution in [0.15, 0.2) is 41.7 Å². The van der Waals surface area contributed by atoms with Crippen LogP contribution in [0.2, 0.25) is 0 Å². The molecule has 1 aliphatic carbocycles. The summed E-state index contributed by atoms with van der Waals surface area (Å²) in [6.45, 7) is 0.0739. The van der Waals surface area contributed by atoms with Crippen molar-refractivity contribution in [2.45, 2.75) is 12.5 Å². The fourth-order valence-corrected chi connectivity index (χ4v) is 2.60. The number of hydrogen-bond acceptors (Lipinski definition) is 6. The smallest absolute Gasteiger partial charge is 0.231 e. The van der Waals surface area contributed by atoms with Crippen molar-refractivity contribution in [3.05, 3.63) is 47.3 Å². The first-order valence-corrected chi connectivity index (χ1v) is 7.46. The van der Waals surface area contributed by atoms with Gasteiger partial charge in [0.05, 0.1) is 18.8 Å². The summed E-state index contributed by atoms with van der Waals surface area (Å²) >= 11 is 0. The molecule has 0 aromatic heterocycles. The van der Waals surface area contributed by atoms with Crippen molar-refractivity contribution in [3.63, 3.8) is 0 Å². The Bertz CT molecular complexity index is 744. The predicted octanol–water partition coefficient (Wildman–Crippen LogP) is 2.58. The topological polar surface area (TPSA) is 74.2 Å². The number of benzene rings is 1. The molecule has 2 aliphatic rings. The Morgan fingerprint density at radius 2 is 2.17 bits per heavy atom. The summed E-state index contributed by atoms with van der Waals surface area (Å²) in [6, 6.07) is 3.22. The molecule has 1 unspecified atom stereocenters. The molecular formula is C18H18O6. The number of ketones is 1. The lowest BCUT2D eigenvalue weighted by atomic mass is 9.98. The van der Waals surface area contributed by atoms with Gasteiger partial charge in [0.1, 0.15) is 5.76 Å². The Labute approximate surface area is 139 Å². The first-order valence-electron chi connectivity index (χ1n) is 7.46. The lowest BCUT2D eigenvalue weighted by Crippen LogP contribution is -2.16. The van der Waals surface area contributed by atoms with Gasteiger partial charge in [0.2, 0.25) is 12.5 Å². The molecule has 0 fully saturated rings. The van der Waals surface area contributed by atoms with E-state index in [1.165, 1.54) is 19.3 Å². The summed E-state index contributed by atoms with van der Waals surface area (Å²) in [5, 5.41) is 9.88. The quantitative estimate of drug-likeness (QED) is 0.837. The molecular weight excluding hydrogens is 312 g/mol. The summed E-state index contributed by atoms with van der Waals surface area (Å²) in [7, 11) is 3.13. The van der Waals surface area contributed by atoms with Gasteiger partial charge in [-0.1, -0.05) is 12.2 Å². The van der Waals surface area contributed by atoms with Crippen molar-refractivity contribution < 1.29 is 28.8 Å². The van der Waals surface area contributed by atoms with Gasteiger partial charge in [-0.05, 0) is 36.3 Å². The van der Waals surface area contributed by atoms with E-state index in [2.05, 4.69) is 0 Å². The number of carbonyl (C=O) groups excluding carboxylic acids is 1. The maximum absolute atomic E-state index is 12.4. The zero-order valence-corrected chi connectivity index (χ0v) is 13.4. The highest BCUT2D eigenvalue weighted by Gasteiger charge is 2.21. The van der Waals surface area contributed by atoms with Crippen LogP contribution in [0.25, 0.3) is 6.08 Å². The number of fused-ring (bicyclic) bond motifs is 1. The Balaban J connectivity index is 1.78. The highest BCUT2D eigenvalue weighted by atomic mass is 16.7. The molecule has 1 atom stereocenters. The van der Waals surface area contributed by atoms with Crippen molar-refractivity contribution in [1.29, 1.82) is 0 Å². The SMILES string of the molecule is COC1=CC(OC)CC=C1C(=O)/C=C/c1cc(O)c2c(c1)OCO2. The van der Waals surface area contributed by atoms with E-state index in [1.807, 2.05) is 0 Å². The van der Waals surface area contributed by atoms with Gasteiger partial charge in [0.25, 0.3) is 0 Å². The summed E-state index contributed by atoms with van der Waals surface area (Å²) < 4.78 is 20.9. The first kappa shape index (κ1) is 16.1. The second-order valence-corrected chi connectivity index (χ2v) is 5.33. The minimum atomic E-state index is -0.185. The third-order valence-corrected chi connectivity index (χ3v) is 3.85. The van der Waals surface area contributed by atoms with Crippen LogP contribution >= 0.6 is 0 Å². The molecule has 24 heavy (non-hydrogen) atoms. The number of carbonyl (C=O) groups is 1. The number of aromatic hydroxyl groups is 1. The van der Waals surface area contributed by atoms with E-state index < -0.39 is 0 Å². The molecule has 3 rings (SSSR count). The van der Waals surface area contributed by atoms with Crippen LogP contribution in [0.3, 0.4) is 0 Å². The van der Waals surface area contributed by atoms with Crippen molar-refractivity contribution in [1.82, 2.24) is 0 Å². The van der Waals surface area contributed by atoms with Gasteiger partial charge >= 0.3 is 0 Å². The van der Waals surface area contributed by atoms with E-state index >= 15 is 0 Å². The fraction of sp³-hybridized carbons (Fsp3) is 0.278. The van der Waals surface area contributed by atoms with Crippen molar-refractivity contribution >= 4 is 11.9 Å². The number of phenolic OH excluding ortho intramolecular Hbond substituents is 1. The van der Waals surface area contributed by atoms with Crippen LogP contribution in [-0.4, -0.2) is 38.0 Å². The molecule has 0 saturated carbocycles. The minimum Gasteiger partial charge on any atom is -0.504 e. The van der Waals surface area contributed by atoms with E-state index in [0.717, 1.165) is 0 Å². The van der Waals surface area contributed by atoms with Crippen LogP contribution in [0, 0.1) is 0 Å². The second kappa shape index (κ2) is 6.80. The number of hydrogen-bond donors (Lipinski definition) is 1. The first-order chi connectivity index (χ1) is 11.6. The van der Waals surface area contributed by atoms with Gasteiger partial charge in [0, 0.05) is 7.11 Å². The van der Waals surface area contributed by atoms with Crippen LogP contribution < -0.4 is 9.47 Å². The van der Waals surface area contributed by atoms with E-state index in [4.69, 9.17) is 18.9 Å². The number of methoxy groups -OCH3 is 2. The molecule has 1 aromatic carbocycles. The molecule has 1 aromatic rings. The Hall–Kier alpha value is -2.73. The zero-order chi connectivity index (χ0) is 17.1. The summed E-state index contributed by atoms with van der Waals surface area (Å²) in [6.07, 6.45) is 7.16. The van der Waals surface area contributed by atoms with Crippen molar-refractivity contribution in [2.24, 2.45) is 0 Å². The van der Waals surface area contributed by atoms with Gasteiger partial charge in [-0.3, -0.25) is 4.79 Å². The largest absolute Gasteiger partial charge is 0.504 e. The predicted molar refractivity (Wildman–Crippen MR) is 86.9 cm³/mol. The Morgan fingerprint density at radius 1 is 1.33 bits per heavy atom. The highest BCUT2D eigenvalue weighted by Crippen LogP contribution is 2.41. The lowest BCUT2D eigenvalue weighted by molar-refractivity contribution is -0.111.